The summed E-state index contributed by atoms with van der Waals surface area (Å²) in [5.41, 5.74) is 4.60. The van der Waals surface area contributed by atoms with E-state index in [1.54, 1.807) is 0 Å². The van der Waals surface area contributed by atoms with Crippen LogP contribution in [-0.4, -0.2) is 13.4 Å². The van der Waals surface area contributed by atoms with Crippen LogP contribution in [0.3, 0.4) is 0 Å². The van der Waals surface area contributed by atoms with E-state index in [0.29, 0.717) is 19.8 Å². The number of nitrogens with one attached hydrogen (secondary N) is 1. The van der Waals surface area contributed by atoms with Crippen molar-refractivity contribution < 1.29 is 18.9 Å². The lowest BCUT2D eigenvalue weighted by atomic mass is 10.1. The van der Waals surface area contributed by atoms with Crippen molar-refractivity contribution in [2.75, 3.05) is 13.4 Å². The highest BCUT2D eigenvalue weighted by Gasteiger charge is 2.14. The van der Waals surface area contributed by atoms with Gasteiger partial charge >= 0.3 is 0 Å². The molecule has 0 saturated carbocycles. The Morgan fingerprint density at radius 2 is 1.61 bits per heavy atom. The molecule has 0 amide bonds. The lowest BCUT2D eigenvalue weighted by molar-refractivity contribution is 0.174. The zero-order valence-electron chi connectivity index (χ0n) is 17.7. The van der Waals surface area contributed by atoms with E-state index in [1.807, 2.05) is 37.3 Å². The third-order valence-electron chi connectivity index (χ3n) is 5.01. The van der Waals surface area contributed by atoms with Crippen LogP contribution in [0.2, 0.25) is 0 Å². The summed E-state index contributed by atoms with van der Waals surface area (Å²) in [7, 11) is 0. The molecule has 162 valence electrons. The number of halogens is 1. The molecule has 0 spiro atoms. The highest BCUT2D eigenvalue weighted by molar-refractivity contribution is 9.10. The summed E-state index contributed by atoms with van der Waals surface area (Å²) < 4.78 is 23.7. The van der Waals surface area contributed by atoms with Crippen molar-refractivity contribution in [1.29, 1.82) is 0 Å². The molecule has 0 fully saturated rings. The zero-order valence-corrected chi connectivity index (χ0v) is 19.3. The Balaban J connectivity index is 1.40. The first-order valence-corrected chi connectivity index (χ1v) is 11.1. The van der Waals surface area contributed by atoms with E-state index in [0.717, 1.165) is 50.7 Å². The highest BCUT2D eigenvalue weighted by Crippen LogP contribution is 2.35. The first-order chi connectivity index (χ1) is 15.1. The summed E-state index contributed by atoms with van der Waals surface area (Å²) in [6, 6.07) is 18.4. The van der Waals surface area contributed by atoms with Gasteiger partial charge in [0.1, 0.15) is 6.61 Å². The van der Waals surface area contributed by atoms with E-state index in [4.69, 9.17) is 18.9 Å². The number of fused-ring (bicyclic) bond motifs is 1. The molecular formula is C25H26BrNO4. The Morgan fingerprint density at radius 3 is 2.42 bits per heavy atom. The van der Waals surface area contributed by atoms with Crippen molar-refractivity contribution in [3.8, 4) is 23.0 Å². The second-order valence-corrected chi connectivity index (χ2v) is 8.24. The van der Waals surface area contributed by atoms with E-state index >= 15 is 0 Å². The Labute approximate surface area is 191 Å². The number of benzene rings is 3. The first-order valence-electron chi connectivity index (χ1n) is 10.3. The maximum Gasteiger partial charge on any atom is 0.231 e. The fourth-order valence-electron chi connectivity index (χ4n) is 3.33. The van der Waals surface area contributed by atoms with Gasteiger partial charge in [-0.1, -0.05) is 51.8 Å². The van der Waals surface area contributed by atoms with Gasteiger partial charge in [-0.25, -0.2) is 0 Å². The monoisotopic (exact) mass is 483 g/mol. The lowest BCUT2D eigenvalue weighted by Crippen LogP contribution is -2.13. The third-order valence-corrected chi connectivity index (χ3v) is 5.75. The van der Waals surface area contributed by atoms with E-state index in [2.05, 4.69) is 52.4 Å². The number of hydrogen-bond acceptors (Lipinski definition) is 5. The van der Waals surface area contributed by atoms with Crippen LogP contribution in [0.1, 0.15) is 29.2 Å². The molecule has 1 aliphatic heterocycles. The number of rotatable bonds is 9. The van der Waals surface area contributed by atoms with Gasteiger partial charge in [0.15, 0.2) is 23.0 Å². The fraction of sp³-hybridized carbons (Fsp3) is 0.280. The van der Waals surface area contributed by atoms with E-state index in [1.165, 1.54) is 5.56 Å². The molecule has 3 aromatic rings. The Bertz CT molecular complexity index is 1040. The van der Waals surface area contributed by atoms with Crippen LogP contribution in [-0.2, 0) is 19.7 Å². The molecule has 0 atom stereocenters. The van der Waals surface area contributed by atoms with Crippen molar-refractivity contribution in [1.82, 2.24) is 5.32 Å². The fourth-order valence-corrected chi connectivity index (χ4v) is 3.79. The smallest absolute Gasteiger partial charge is 0.231 e. The summed E-state index contributed by atoms with van der Waals surface area (Å²) in [4.78, 5) is 0. The molecule has 0 saturated heterocycles. The van der Waals surface area contributed by atoms with Crippen LogP contribution in [0, 0.1) is 6.92 Å². The van der Waals surface area contributed by atoms with Gasteiger partial charge < -0.3 is 24.3 Å². The molecule has 1 heterocycles. The quantitative estimate of drug-likeness (QED) is 0.419. The predicted octanol–water partition coefficient (Wildman–Crippen LogP) is 5.75. The molecule has 0 radical (unpaired) electrons. The molecule has 0 unspecified atom stereocenters. The van der Waals surface area contributed by atoms with Crippen molar-refractivity contribution in [3.05, 3.63) is 81.3 Å². The topological polar surface area (TPSA) is 49.0 Å². The summed E-state index contributed by atoms with van der Waals surface area (Å²) in [5, 5.41) is 3.48. The maximum absolute atomic E-state index is 6.07. The van der Waals surface area contributed by atoms with Gasteiger partial charge in [-0.15, -0.1) is 0 Å². The normalized spacial score (nSPS) is 12.1. The molecule has 0 aliphatic carbocycles. The molecular weight excluding hydrogens is 458 g/mol. The summed E-state index contributed by atoms with van der Waals surface area (Å²) in [6.07, 6.45) is 0. The average Bonchev–Trinajstić information content (AvgIpc) is 3.24. The van der Waals surface area contributed by atoms with Gasteiger partial charge in [0, 0.05) is 17.6 Å². The van der Waals surface area contributed by atoms with Crippen LogP contribution in [0.15, 0.2) is 59.1 Å². The number of ether oxygens (including phenoxy) is 4. The standard InChI is InChI=1S/C25H26BrNO4/c1-3-28-24-11-20(14-27-13-19-8-9-22-23(10-19)31-16-30-22)21(26)12-25(24)29-15-18-6-4-17(2)5-7-18/h4-12,27H,3,13-16H2,1-2H3. The van der Waals surface area contributed by atoms with Crippen molar-refractivity contribution in [3.63, 3.8) is 0 Å². The lowest BCUT2D eigenvalue weighted by Gasteiger charge is -2.16. The number of hydrogen-bond donors (Lipinski definition) is 1. The molecule has 5 nitrogen and oxygen atoms in total. The largest absolute Gasteiger partial charge is 0.490 e. The van der Waals surface area contributed by atoms with Gasteiger partial charge in [0.05, 0.1) is 6.61 Å². The van der Waals surface area contributed by atoms with Crippen LogP contribution >= 0.6 is 15.9 Å². The molecule has 4 rings (SSSR count). The van der Waals surface area contributed by atoms with E-state index < -0.39 is 0 Å². The van der Waals surface area contributed by atoms with Crippen LogP contribution in [0.5, 0.6) is 23.0 Å². The first kappa shape index (κ1) is 21.5. The Kier molecular flexibility index (Phi) is 6.99. The maximum atomic E-state index is 6.07. The summed E-state index contributed by atoms with van der Waals surface area (Å²) in [5.74, 6) is 3.08. The van der Waals surface area contributed by atoms with Gasteiger partial charge in [0.25, 0.3) is 0 Å². The van der Waals surface area contributed by atoms with Gasteiger partial charge in [-0.3, -0.25) is 0 Å². The molecule has 31 heavy (non-hydrogen) atoms. The molecule has 3 aromatic carbocycles. The minimum atomic E-state index is 0.289. The van der Waals surface area contributed by atoms with Crippen molar-refractivity contribution >= 4 is 15.9 Å². The molecule has 0 aromatic heterocycles. The van der Waals surface area contributed by atoms with Gasteiger partial charge in [-0.2, -0.15) is 0 Å². The van der Waals surface area contributed by atoms with Crippen molar-refractivity contribution in [2.45, 2.75) is 33.5 Å². The minimum absolute atomic E-state index is 0.289. The van der Waals surface area contributed by atoms with Crippen LogP contribution < -0.4 is 24.3 Å². The predicted molar refractivity (Wildman–Crippen MR) is 124 cm³/mol. The van der Waals surface area contributed by atoms with E-state index in [-0.39, 0.29) is 6.79 Å². The second-order valence-electron chi connectivity index (χ2n) is 7.39. The second kappa shape index (κ2) is 10.1. The minimum Gasteiger partial charge on any atom is -0.490 e. The van der Waals surface area contributed by atoms with Gasteiger partial charge in [0.2, 0.25) is 6.79 Å². The van der Waals surface area contributed by atoms with E-state index in [9.17, 15) is 0 Å². The number of aryl methyl sites for hydroxylation is 1. The van der Waals surface area contributed by atoms with Crippen LogP contribution in [0.25, 0.3) is 0 Å². The summed E-state index contributed by atoms with van der Waals surface area (Å²) >= 11 is 3.68. The average molecular weight is 484 g/mol. The zero-order chi connectivity index (χ0) is 21.6. The third kappa shape index (κ3) is 5.51. The van der Waals surface area contributed by atoms with Crippen LogP contribution in [0.4, 0.5) is 0 Å². The van der Waals surface area contributed by atoms with Crippen molar-refractivity contribution in [2.24, 2.45) is 0 Å². The summed E-state index contributed by atoms with van der Waals surface area (Å²) in [6.45, 7) is 6.82. The Morgan fingerprint density at radius 1 is 0.871 bits per heavy atom. The highest BCUT2D eigenvalue weighted by atomic mass is 79.9. The molecule has 1 N–H and O–H groups in total. The molecule has 1 aliphatic rings. The Hall–Kier alpha value is -2.70. The SMILES string of the molecule is CCOc1cc(CNCc2ccc3c(c2)OCO3)c(Br)cc1OCc1ccc(C)cc1. The van der Waals surface area contributed by atoms with Gasteiger partial charge in [-0.05, 0) is 54.8 Å². The molecule has 6 heteroatoms. The molecule has 0 bridgehead atoms.